The highest BCUT2D eigenvalue weighted by Crippen LogP contribution is 2.40. The standard InChI is InChI=1S/C20H20N6O3.C13H11FO/c1-10-6-11-7-14(16(27)12-9-22-25(2)17(12)21)23-13(11)8-15(10)26-18(28)20(4-3-5-20)24-19(26)29;1-10-6-2-4-8-12(10)15-13-9-5-3-7-11(13)14/h6-9,23H,3-5,21H2,1-2H3,(H,24,29);2-9H,1H3. The fraction of sp³-hybridized carbons (Fsp3) is 0.212. The number of hydrogen-bond donors (Lipinski definition) is 3. The lowest BCUT2D eigenvalue weighted by atomic mass is 9.77. The molecule has 2 fully saturated rings. The van der Waals surface area contributed by atoms with Crippen LogP contribution in [0.1, 0.15) is 46.4 Å². The number of ketones is 1. The van der Waals surface area contributed by atoms with E-state index in [0.29, 0.717) is 41.1 Å². The number of nitrogens with zero attached hydrogens (tertiary/aromatic N) is 3. The summed E-state index contributed by atoms with van der Waals surface area (Å²) in [7, 11) is 1.67. The molecule has 0 radical (unpaired) electrons. The Morgan fingerprint density at radius 3 is 2.32 bits per heavy atom. The minimum absolute atomic E-state index is 0.206. The molecule has 1 aliphatic heterocycles. The molecule has 7 rings (SSSR count). The van der Waals surface area contributed by atoms with Crippen LogP contribution < -0.4 is 20.7 Å². The lowest BCUT2D eigenvalue weighted by Crippen LogP contribution is -2.52. The summed E-state index contributed by atoms with van der Waals surface area (Å²) < 4.78 is 20.2. The third kappa shape index (κ3) is 4.96. The van der Waals surface area contributed by atoms with Crippen molar-refractivity contribution in [3.63, 3.8) is 0 Å². The van der Waals surface area contributed by atoms with Gasteiger partial charge in [-0.15, -0.1) is 0 Å². The maximum Gasteiger partial charge on any atom is 0.329 e. The largest absolute Gasteiger partial charge is 0.454 e. The summed E-state index contributed by atoms with van der Waals surface area (Å²) in [5.74, 6) is 0.405. The number of rotatable bonds is 5. The molecule has 44 heavy (non-hydrogen) atoms. The van der Waals surface area contributed by atoms with Crippen LogP contribution in [0, 0.1) is 19.7 Å². The van der Waals surface area contributed by atoms with E-state index in [2.05, 4.69) is 15.4 Å². The van der Waals surface area contributed by atoms with E-state index < -0.39 is 11.6 Å². The Labute approximate surface area is 252 Å². The number of nitrogens with one attached hydrogen (secondary N) is 2. The van der Waals surface area contributed by atoms with Crippen molar-refractivity contribution in [2.45, 2.75) is 38.6 Å². The smallest absolute Gasteiger partial charge is 0.329 e. The van der Waals surface area contributed by atoms with Gasteiger partial charge in [0.15, 0.2) is 11.6 Å². The van der Waals surface area contributed by atoms with Crippen molar-refractivity contribution in [2.75, 3.05) is 10.6 Å². The lowest BCUT2D eigenvalue weighted by molar-refractivity contribution is -0.124. The average molecular weight is 595 g/mol. The number of benzene rings is 3. The zero-order valence-electron chi connectivity index (χ0n) is 24.5. The van der Waals surface area contributed by atoms with Gasteiger partial charge in [0.25, 0.3) is 5.91 Å². The molecule has 5 aromatic rings. The number of anilines is 2. The molecule has 4 N–H and O–H groups in total. The van der Waals surface area contributed by atoms with E-state index in [4.69, 9.17) is 10.5 Å². The molecule has 0 atom stereocenters. The number of para-hydroxylation sites is 2. The molecular weight excluding hydrogens is 563 g/mol. The van der Waals surface area contributed by atoms with Gasteiger partial charge in [-0.2, -0.15) is 5.10 Å². The van der Waals surface area contributed by atoms with Gasteiger partial charge >= 0.3 is 6.03 Å². The second-order valence-electron chi connectivity index (χ2n) is 11.1. The Morgan fingerprint density at radius 1 is 1.00 bits per heavy atom. The molecule has 1 spiro atoms. The third-order valence-electron chi connectivity index (χ3n) is 8.17. The predicted molar refractivity (Wildman–Crippen MR) is 164 cm³/mol. The summed E-state index contributed by atoms with van der Waals surface area (Å²) in [5.41, 5.74) is 8.80. The van der Waals surface area contributed by atoms with Crippen LogP contribution >= 0.6 is 0 Å². The molecule has 224 valence electrons. The van der Waals surface area contributed by atoms with Gasteiger partial charge in [0, 0.05) is 18.0 Å². The summed E-state index contributed by atoms with van der Waals surface area (Å²) in [6.07, 6.45) is 3.70. The van der Waals surface area contributed by atoms with Crippen LogP contribution in [0.4, 0.5) is 20.7 Å². The first-order valence-electron chi connectivity index (χ1n) is 14.2. The van der Waals surface area contributed by atoms with Gasteiger partial charge in [0.2, 0.25) is 5.78 Å². The number of nitrogens with two attached hydrogens (primary N) is 1. The van der Waals surface area contributed by atoms with Gasteiger partial charge in [0.1, 0.15) is 17.1 Å². The zero-order chi connectivity index (χ0) is 31.2. The van der Waals surface area contributed by atoms with E-state index in [9.17, 15) is 18.8 Å². The van der Waals surface area contributed by atoms with Crippen LogP contribution in [0.3, 0.4) is 0 Å². The Balaban J connectivity index is 0.000000193. The lowest BCUT2D eigenvalue weighted by Gasteiger charge is -2.34. The number of aromatic nitrogens is 3. The van der Waals surface area contributed by atoms with E-state index >= 15 is 0 Å². The molecule has 3 aromatic carbocycles. The Bertz CT molecular complexity index is 1900. The molecule has 1 aliphatic carbocycles. The normalized spacial score (nSPS) is 15.1. The fourth-order valence-corrected chi connectivity index (χ4v) is 5.44. The maximum atomic E-state index is 13.3. The van der Waals surface area contributed by atoms with E-state index in [-0.39, 0.29) is 29.1 Å². The Kier molecular flexibility index (Phi) is 7.16. The highest BCUT2D eigenvalue weighted by molar-refractivity contribution is 6.24. The van der Waals surface area contributed by atoms with Gasteiger partial charge < -0.3 is 20.8 Å². The first-order valence-corrected chi connectivity index (χ1v) is 14.2. The van der Waals surface area contributed by atoms with Crippen molar-refractivity contribution in [3.05, 3.63) is 101 Å². The van der Waals surface area contributed by atoms with E-state index in [0.717, 1.165) is 22.9 Å². The van der Waals surface area contributed by atoms with Crippen LogP contribution in [0.15, 0.2) is 72.9 Å². The minimum atomic E-state index is -0.743. The first kappa shape index (κ1) is 28.7. The van der Waals surface area contributed by atoms with Crippen LogP contribution in [0.5, 0.6) is 11.5 Å². The molecule has 1 saturated carbocycles. The number of aromatic amines is 1. The van der Waals surface area contributed by atoms with Gasteiger partial charge in [0.05, 0.1) is 23.1 Å². The maximum absolute atomic E-state index is 13.3. The summed E-state index contributed by atoms with van der Waals surface area (Å²) in [6.45, 7) is 3.77. The number of aryl methyl sites for hydroxylation is 3. The summed E-state index contributed by atoms with van der Waals surface area (Å²) in [4.78, 5) is 42.6. The summed E-state index contributed by atoms with van der Waals surface area (Å²) >= 11 is 0. The Hall–Kier alpha value is -5.45. The summed E-state index contributed by atoms with van der Waals surface area (Å²) in [6, 6.07) is 18.8. The van der Waals surface area contributed by atoms with Crippen molar-refractivity contribution < 1.29 is 23.5 Å². The number of urea groups is 1. The van der Waals surface area contributed by atoms with Crippen molar-refractivity contribution in [1.29, 1.82) is 0 Å². The van der Waals surface area contributed by atoms with Gasteiger partial charge in [-0.1, -0.05) is 30.3 Å². The number of H-pyrrole nitrogens is 1. The number of carbonyl (C=O) groups excluding carboxylic acids is 3. The monoisotopic (exact) mass is 594 g/mol. The van der Waals surface area contributed by atoms with Crippen LogP contribution in [-0.2, 0) is 11.8 Å². The fourth-order valence-electron chi connectivity index (χ4n) is 5.44. The van der Waals surface area contributed by atoms with E-state index in [1.807, 2.05) is 44.2 Å². The first-order chi connectivity index (χ1) is 21.1. The number of amides is 3. The SMILES string of the molecule is Cc1cc2cc(C(=O)c3cnn(C)c3N)[nH]c2cc1N1C(=O)NC2(CCC2)C1=O.Cc1ccccc1Oc1ccccc1F. The molecule has 0 unspecified atom stereocenters. The number of hydrogen-bond acceptors (Lipinski definition) is 6. The summed E-state index contributed by atoms with van der Waals surface area (Å²) in [5, 5.41) is 7.66. The highest BCUT2D eigenvalue weighted by Gasteiger charge is 2.55. The van der Waals surface area contributed by atoms with Gasteiger partial charge in [-0.3, -0.25) is 14.3 Å². The number of halogens is 1. The molecule has 3 heterocycles. The number of imide groups is 1. The minimum Gasteiger partial charge on any atom is -0.454 e. The van der Waals surface area contributed by atoms with E-state index in [1.54, 1.807) is 37.4 Å². The molecule has 2 aliphatic rings. The Morgan fingerprint density at radius 2 is 1.70 bits per heavy atom. The number of ether oxygens (including phenoxy) is 1. The number of fused-ring (bicyclic) bond motifs is 1. The molecule has 11 heteroatoms. The van der Waals surface area contributed by atoms with Gasteiger partial charge in [-0.05, 0) is 80.6 Å². The molecule has 3 amide bonds. The molecule has 2 aromatic heterocycles. The third-order valence-corrected chi connectivity index (χ3v) is 8.17. The second kappa shape index (κ2) is 11.0. The quantitative estimate of drug-likeness (QED) is 0.171. The molecule has 0 bridgehead atoms. The van der Waals surface area contributed by atoms with Gasteiger partial charge in [-0.25, -0.2) is 14.1 Å². The molecular formula is C33H31FN6O4. The number of carbonyl (C=O) groups is 3. The van der Waals surface area contributed by atoms with Crippen LogP contribution in [0.2, 0.25) is 0 Å². The van der Waals surface area contributed by atoms with Crippen LogP contribution in [-0.4, -0.2) is 38.0 Å². The molecule has 10 nitrogen and oxygen atoms in total. The van der Waals surface area contributed by atoms with Crippen molar-refractivity contribution in [1.82, 2.24) is 20.1 Å². The van der Waals surface area contributed by atoms with E-state index in [1.165, 1.54) is 21.8 Å². The van der Waals surface area contributed by atoms with Crippen molar-refractivity contribution in [3.8, 4) is 11.5 Å². The van der Waals surface area contributed by atoms with Crippen molar-refractivity contribution >= 4 is 40.1 Å². The highest BCUT2D eigenvalue weighted by atomic mass is 19.1. The number of nitrogen functional groups attached to an aromatic ring is 1. The average Bonchev–Trinajstić information content (AvgIpc) is 3.63. The van der Waals surface area contributed by atoms with Crippen molar-refractivity contribution in [2.24, 2.45) is 7.05 Å². The second-order valence-corrected chi connectivity index (χ2v) is 11.1. The van der Waals surface area contributed by atoms with Crippen LogP contribution in [0.25, 0.3) is 10.9 Å². The molecule has 1 saturated heterocycles. The topological polar surface area (TPSA) is 135 Å². The predicted octanol–water partition coefficient (Wildman–Crippen LogP) is 5.93. The zero-order valence-corrected chi connectivity index (χ0v) is 24.5.